The fraction of sp³-hybridized carbons (Fsp3) is 0.375. The number of rotatable bonds is 0. The second-order valence-electron chi connectivity index (χ2n) is 2.84. The maximum Gasteiger partial charge on any atom is 0.161 e. The summed E-state index contributed by atoms with van der Waals surface area (Å²) in [7, 11) is 0. The molecule has 0 heterocycles. The summed E-state index contributed by atoms with van der Waals surface area (Å²) in [5, 5.41) is 8.49. The number of hydrogen-bond donors (Lipinski definition) is 0. The monoisotopic (exact) mass is 147 g/mol. The normalized spacial score (nSPS) is 39.7. The fourth-order valence-corrected chi connectivity index (χ4v) is 1.57. The average Bonchev–Trinajstić information content (AvgIpc) is 2.72. The quantitative estimate of drug-likeness (QED) is 0.487. The van der Waals surface area contributed by atoms with Crippen molar-refractivity contribution in [2.45, 2.75) is 0 Å². The minimum Gasteiger partial charge on any atom is -0.294 e. The molecule has 0 aromatic carbocycles. The zero-order valence-electron chi connectivity index (χ0n) is 5.65. The van der Waals surface area contributed by atoms with Gasteiger partial charge in [0.2, 0.25) is 0 Å². The molecule has 0 radical (unpaired) electrons. The highest BCUT2D eigenvalue weighted by molar-refractivity contribution is 6.11. The minimum atomic E-state index is -0.343. The Kier molecular flexibility index (Phi) is 1.02. The molecule has 0 N–H and O–H groups in total. The first-order valence-corrected chi connectivity index (χ1v) is 3.41. The molecule has 2 aliphatic carbocycles. The van der Waals surface area contributed by atoms with Gasteiger partial charge >= 0.3 is 0 Å². The van der Waals surface area contributed by atoms with Crippen molar-refractivity contribution in [1.29, 1.82) is 5.26 Å². The van der Waals surface area contributed by atoms with Gasteiger partial charge in [-0.05, 0) is 12.2 Å². The van der Waals surface area contributed by atoms with Gasteiger partial charge in [0.05, 0.1) is 12.0 Å². The molecule has 2 unspecified atom stereocenters. The van der Waals surface area contributed by atoms with Crippen molar-refractivity contribution in [3.63, 3.8) is 0 Å². The lowest BCUT2D eigenvalue weighted by Crippen LogP contribution is -2.09. The second kappa shape index (κ2) is 1.79. The number of carbonyl (C=O) groups is 2. The van der Waals surface area contributed by atoms with Crippen LogP contribution in [0.4, 0.5) is 0 Å². The smallest absolute Gasteiger partial charge is 0.161 e. The first kappa shape index (κ1) is 6.29. The van der Waals surface area contributed by atoms with Crippen molar-refractivity contribution in [2.75, 3.05) is 0 Å². The molecule has 11 heavy (non-hydrogen) atoms. The molecule has 3 heteroatoms. The van der Waals surface area contributed by atoms with E-state index in [0.717, 1.165) is 0 Å². The molecule has 1 saturated carbocycles. The average molecular weight is 147 g/mol. The molecule has 0 saturated heterocycles. The molecule has 3 nitrogen and oxygen atoms in total. The van der Waals surface area contributed by atoms with Crippen LogP contribution in [-0.2, 0) is 9.59 Å². The molecule has 2 aliphatic rings. The zero-order valence-corrected chi connectivity index (χ0v) is 5.65. The Labute approximate surface area is 63.3 Å². The lowest BCUT2D eigenvalue weighted by atomic mass is 10.1. The summed E-state index contributed by atoms with van der Waals surface area (Å²) in [4.78, 5) is 21.9. The predicted molar refractivity (Wildman–Crippen MR) is 35.2 cm³/mol. The van der Waals surface area contributed by atoms with Crippen LogP contribution in [-0.4, -0.2) is 11.6 Å². The molecule has 0 spiro atoms. The molecule has 0 bridgehead atoms. The van der Waals surface area contributed by atoms with E-state index in [9.17, 15) is 9.59 Å². The Morgan fingerprint density at radius 1 is 1.18 bits per heavy atom. The molecule has 2 atom stereocenters. The number of nitrogens with zero attached hydrogens (tertiary/aromatic N) is 1. The lowest BCUT2D eigenvalue weighted by Gasteiger charge is -1.95. The van der Waals surface area contributed by atoms with Crippen LogP contribution in [0.25, 0.3) is 0 Å². The molecular formula is C8H5NO2. The molecular weight excluding hydrogens is 142 g/mol. The first-order chi connectivity index (χ1) is 5.25. The van der Waals surface area contributed by atoms with Crippen LogP contribution < -0.4 is 0 Å². The van der Waals surface area contributed by atoms with Crippen LogP contribution >= 0.6 is 0 Å². The maximum atomic E-state index is 11.0. The van der Waals surface area contributed by atoms with E-state index in [4.69, 9.17) is 5.26 Å². The Hall–Kier alpha value is -1.43. The molecule has 0 aromatic rings. The highest BCUT2D eigenvalue weighted by atomic mass is 16.1. The van der Waals surface area contributed by atoms with Gasteiger partial charge in [0.25, 0.3) is 0 Å². The van der Waals surface area contributed by atoms with E-state index in [1.165, 1.54) is 12.2 Å². The van der Waals surface area contributed by atoms with Gasteiger partial charge in [0.15, 0.2) is 11.6 Å². The second-order valence-corrected chi connectivity index (χ2v) is 2.84. The maximum absolute atomic E-state index is 11.0. The van der Waals surface area contributed by atoms with E-state index in [1.807, 2.05) is 6.07 Å². The van der Waals surface area contributed by atoms with Gasteiger partial charge in [0, 0.05) is 11.8 Å². The van der Waals surface area contributed by atoms with Gasteiger partial charge in [-0.2, -0.15) is 5.26 Å². The Morgan fingerprint density at radius 3 is 2.00 bits per heavy atom. The van der Waals surface area contributed by atoms with Gasteiger partial charge in [-0.15, -0.1) is 0 Å². The SMILES string of the molecule is N#CC1C2C(=O)C=CC(=O)C12. The third kappa shape index (κ3) is 0.666. The Bertz CT molecular complexity index is 287. The van der Waals surface area contributed by atoms with Crippen LogP contribution in [0.5, 0.6) is 0 Å². The standard InChI is InChI=1S/C8H5NO2/c9-3-4-7-5(10)1-2-6(11)8(4)7/h1-2,4,7-8H. The van der Waals surface area contributed by atoms with E-state index in [-0.39, 0.29) is 29.3 Å². The highest BCUT2D eigenvalue weighted by Gasteiger charge is 2.59. The molecule has 0 amide bonds. The topological polar surface area (TPSA) is 57.9 Å². The van der Waals surface area contributed by atoms with Crippen LogP contribution in [0.3, 0.4) is 0 Å². The number of ketones is 2. The first-order valence-electron chi connectivity index (χ1n) is 3.41. The third-order valence-corrected chi connectivity index (χ3v) is 2.24. The van der Waals surface area contributed by atoms with Gasteiger partial charge in [-0.25, -0.2) is 0 Å². The van der Waals surface area contributed by atoms with Crippen molar-refractivity contribution >= 4 is 11.6 Å². The van der Waals surface area contributed by atoms with Crippen LogP contribution in [0, 0.1) is 29.1 Å². The van der Waals surface area contributed by atoms with Gasteiger partial charge in [0.1, 0.15) is 0 Å². The van der Waals surface area contributed by atoms with E-state index < -0.39 is 0 Å². The zero-order chi connectivity index (χ0) is 8.01. The number of hydrogen-bond acceptors (Lipinski definition) is 3. The molecule has 2 rings (SSSR count). The summed E-state index contributed by atoms with van der Waals surface area (Å²) in [6, 6.07) is 1.96. The summed E-state index contributed by atoms with van der Waals surface area (Å²) >= 11 is 0. The van der Waals surface area contributed by atoms with Crippen molar-refractivity contribution in [3.05, 3.63) is 12.2 Å². The van der Waals surface area contributed by atoms with E-state index in [2.05, 4.69) is 0 Å². The number of fused-ring (bicyclic) bond motifs is 1. The summed E-state index contributed by atoms with van der Waals surface area (Å²) < 4.78 is 0. The van der Waals surface area contributed by atoms with E-state index in [1.54, 1.807) is 0 Å². The van der Waals surface area contributed by atoms with Crippen molar-refractivity contribution < 1.29 is 9.59 Å². The summed E-state index contributed by atoms with van der Waals surface area (Å²) in [5.74, 6) is -1.10. The molecule has 54 valence electrons. The fourth-order valence-electron chi connectivity index (χ4n) is 1.57. The van der Waals surface area contributed by atoms with Crippen molar-refractivity contribution in [3.8, 4) is 6.07 Å². The van der Waals surface area contributed by atoms with Gasteiger partial charge in [-0.3, -0.25) is 9.59 Å². The Morgan fingerprint density at radius 2 is 1.64 bits per heavy atom. The van der Waals surface area contributed by atoms with Crippen LogP contribution in [0.15, 0.2) is 12.2 Å². The molecule has 0 aromatic heterocycles. The summed E-state index contributed by atoms with van der Waals surface area (Å²) in [6.07, 6.45) is 2.56. The molecule has 1 fully saturated rings. The van der Waals surface area contributed by atoms with E-state index >= 15 is 0 Å². The van der Waals surface area contributed by atoms with Crippen molar-refractivity contribution in [1.82, 2.24) is 0 Å². The van der Waals surface area contributed by atoms with Crippen molar-refractivity contribution in [2.24, 2.45) is 17.8 Å². The highest BCUT2D eigenvalue weighted by Crippen LogP contribution is 2.49. The number of nitriles is 1. The largest absolute Gasteiger partial charge is 0.294 e. The lowest BCUT2D eigenvalue weighted by molar-refractivity contribution is -0.121. The van der Waals surface area contributed by atoms with Crippen LogP contribution in [0.1, 0.15) is 0 Å². The Balaban J connectivity index is 2.33. The summed E-state index contributed by atoms with van der Waals surface area (Å²) in [5.41, 5.74) is 0. The predicted octanol–water partition coefficient (Wildman–Crippen LogP) is 0.0802. The van der Waals surface area contributed by atoms with Crippen LogP contribution in [0.2, 0.25) is 0 Å². The minimum absolute atomic E-state index is 0.0684. The van der Waals surface area contributed by atoms with Gasteiger partial charge in [-0.1, -0.05) is 0 Å². The number of allylic oxidation sites excluding steroid dienone is 2. The third-order valence-electron chi connectivity index (χ3n) is 2.24. The summed E-state index contributed by atoms with van der Waals surface area (Å²) in [6.45, 7) is 0. The van der Waals surface area contributed by atoms with Gasteiger partial charge < -0.3 is 0 Å². The molecule has 0 aliphatic heterocycles. The number of carbonyl (C=O) groups excluding carboxylic acids is 2. The van der Waals surface area contributed by atoms with E-state index in [0.29, 0.717) is 0 Å².